The highest BCUT2D eigenvalue weighted by molar-refractivity contribution is 7.81. The second-order valence-electron chi connectivity index (χ2n) is 7.31. The van der Waals surface area contributed by atoms with Crippen LogP contribution in [0.2, 0.25) is 0 Å². The molecule has 1 rings (SSSR count). The normalized spacial score (nSPS) is 13.9. The summed E-state index contributed by atoms with van der Waals surface area (Å²) in [5.41, 5.74) is 0.886. The van der Waals surface area contributed by atoms with E-state index in [1.54, 1.807) is 19.2 Å². The summed E-state index contributed by atoms with van der Waals surface area (Å²) in [5.74, 6) is -0.607. The maximum absolute atomic E-state index is 13.0. The van der Waals surface area contributed by atoms with Crippen molar-refractivity contribution >= 4 is 30.4 Å². The lowest BCUT2D eigenvalue weighted by atomic mass is 9.91. The molecule has 0 aromatic heterocycles. The van der Waals surface area contributed by atoms with Crippen LogP contribution in [0.15, 0.2) is 24.3 Å². The molecule has 0 spiro atoms. The zero-order chi connectivity index (χ0) is 22.0. The minimum Gasteiger partial charge on any atom is -0.497 e. The van der Waals surface area contributed by atoms with E-state index in [9.17, 15) is 14.4 Å². The fraction of sp³-hybridized carbons (Fsp3) is 0.571. The molecule has 0 heterocycles. The van der Waals surface area contributed by atoms with Crippen molar-refractivity contribution < 1.29 is 23.9 Å². The third-order valence-electron chi connectivity index (χ3n) is 4.61. The molecule has 2 unspecified atom stereocenters. The van der Waals surface area contributed by atoms with Crippen LogP contribution in [0.5, 0.6) is 5.75 Å². The molecule has 2 amide bonds. The number of carbonyl (C=O) groups is 3. The average Bonchev–Trinajstić information content (AvgIpc) is 2.70. The second-order valence-corrected chi connectivity index (χ2v) is 7.97. The van der Waals surface area contributed by atoms with Crippen LogP contribution >= 0.6 is 12.6 Å². The van der Waals surface area contributed by atoms with Gasteiger partial charge in [0.1, 0.15) is 11.8 Å². The number of ether oxygens (including phenoxy) is 2. The Morgan fingerprint density at radius 1 is 1.07 bits per heavy atom. The zero-order valence-electron chi connectivity index (χ0n) is 17.7. The first kappa shape index (κ1) is 24.8. The molecule has 0 bridgehead atoms. The van der Waals surface area contributed by atoms with E-state index in [0.717, 1.165) is 5.56 Å². The van der Waals surface area contributed by atoms with Gasteiger partial charge in [-0.3, -0.25) is 14.4 Å². The lowest BCUT2D eigenvalue weighted by Gasteiger charge is -2.26. The number of nitrogens with one attached hydrogen (secondary N) is 2. The standard InChI is InChI=1S/C21H32N2O5S/c1-13(2)10-16(18(29)12-19(24)28-5)20(25)23-17(21(26)22-3)11-14-6-8-15(27-4)9-7-14/h6-9,13,16-18,29H,10-12H2,1-5H3,(H,22,26)(H,23,25)/t16?,17-,18?/m0/s1. The Balaban J connectivity index is 2.95. The molecule has 0 saturated carbocycles. The fourth-order valence-corrected chi connectivity index (χ4v) is 3.41. The molecule has 7 nitrogen and oxygen atoms in total. The van der Waals surface area contributed by atoms with Crippen molar-refractivity contribution in [3.63, 3.8) is 0 Å². The van der Waals surface area contributed by atoms with E-state index in [0.29, 0.717) is 18.6 Å². The minimum atomic E-state index is -0.741. The smallest absolute Gasteiger partial charge is 0.306 e. The number of amides is 2. The van der Waals surface area contributed by atoms with Gasteiger partial charge in [-0.05, 0) is 30.0 Å². The first-order valence-electron chi connectivity index (χ1n) is 9.61. The number of thiol groups is 1. The molecule has 3 atom stereocenters. The summed E-state index contributed by atoms with van der Waals surface area (Å²) in [7, 11) is 4.41. The first-order valence-corrected chi connectivity index (χ1v) is 10.1. The van der Waals surface area contributed by atoms with Gasteiger partial charge in [-0.15, -0.1) is 0 Å². The Labute approximate surface area is 178 Å². The van der Waals surface area contributed by atoms with Crippen LogP contribution in [-0.2, 0) is 25.5 Å². The Hall–Kier alpha value is -2.22. The summed E-state index contributed by atoms with van der Waals surface area (Å²) in [6.07, 6.45) is 0.894. The number of benzene rings is 1. The van der Waals surface area contributed by atoms with Crippen molar-refractivity contribution in [2.24, 2.45) is 11.8 Å². The zero-order valence-corrected chi connectivity index (χ0v) is 18.6. The molecule has 0 aliphatic rings. The quantitative estimate of drug-likeness (QED) is 0.373. The van der Waals surface area contributed by atoms with Gasteiger partial charge in [-0.2, -0.15) is 12.6 Å². The van der Waals surface area contributed by atoms with Gasteiger partial charge in [0.05, 0.1) is 26.6 Å². The molecule has 162 valence electrons. The van der Waals surface area contributed by atoms with E-state index in [1.807, 2.05) is 26.0 Å². The van der Waals surface area contributed by atoms with Crippen LogP contribution in [-0.4, -0.2) is 50.3 Å². The summed E-state index contributed by atoms with van der Waals surface area (Å²) < 4.78 is 9.84. The van der Waals surface area contributed by atoms with Crippen LogP contribution in [0.4, 0.5) is 0 Å². The first-order chi connectivity index (χ1) is 13.7. The summed E-state index contributed by atoms with van der Waals surface area (Å²) in [4.78, 5) is 37.0. The van der Waals surface area contributed by atoms with Gasteiger partial charge in [-0.25, -0.2) is 0 Å². The monoisotopic (exact) mass is 424 g/mol. The van der Waals surface area contributed by atoms with E-state index in [-0.39, 0.29) is 24.2 Å². The molecule has 0 radical (unpaired) electrons. The maximum Gasteiger partial charge on any atom is 0.306 e. The summed E-state index contributed by atoms with van der Waals surface area (Å²) in [6.45, 7) is 3.99. The van der Waals surface area contributed by atoms with Gasteiger partial charge in [0, 0.05) is 18.7 Å². The molecule has 1 aromatic rings. The van der Waals surface area contributed by atoms with E-state index in [4.69, 9.17) is 9.47 Å². The largest absolute Gasteiger partial charge is 0.497 e. The van der Waals surface area contributed by atoms with E-state index in [1.165, 1.54) is 14.2 Å². The highest BCUT2D eigenvalue weighted by atomic mass is 32.1. The van der Waals surface area contributed by atoms with E-state index in [2.05, 4.69) is 23.3 Å². The lowest BCUT2D eigenvalue weighted by Crippen LogP contribution is -2.50. The second kappa shape index (κ2) is 12.4. The van der Waals surface area contributed by atoms with Crippen molar-refractivity contribution in [3.8, 4) is 5.75 Å². The van der Waals surface area contributed by atoms with E-state index < -0.39 is 23.2 Å². The number of hydrogen-bond acceptors (Lipinski definition) is 6. The molecule has 0 aliphatic carbocycles. The van der Waals surface area contributed by atoms with Gasteiger partial charge in [0.25, 0.3) is 0 Å². The third-order valence-corrected chi connectivity index (χ3v) is 5.15. The number of likely N-dealkylation sites (N-methyl/N-ethyl adjacent to an activating group) is 1. The molecular formula is C21H32N2O5S. The third kappa shape index (κ3) is 8.35. The molecule has 2 N–H and O–H groups in total. The van der Waals surface area contributed by atoms with Crippen LogP contribution in [0.3, 0.4) is 0 Å². The number of hydrogen-bond donors (Lipinski definition) is 3. The van der Waals surface area contributed by atoms with Crippen molar-refractivity contribution in [1.29, 1.82) is 0 Å². The molecule has 0 aliphatic heterocycles. The van der Waals surface area contributed by atoms with Crippen LogP contribution in [0.25, 0.3) is 0 Å². The molecule has 29 heavy (non-hydrogen) atoms. The van der Waals surface area contributed by atoms with Gasteiger partial charge >= 0.3 is 5.97 Å². The van der Waals surface area contributed by atoms with Crippen molar-refractivity contribution in [1.82, 2.24) is 10.6 Å². The molecule has 0 saturated heterocycles. The van der Waals surface area contributed by atoms with Crippen molar-refractivity contribution in [2.75, 3.05) is 21.3 Å². The topological polar surface area (TPSA) is 93.7 Å². The predicted octanol–water partition coefficient (Wildman–Crippen LogP) is 1.99. The number of carbonyl (C=O) groups excluding carboxylic acids is 3. The van der Waals surface area contributed by atoms with Gasteiger partial charge < -0.3 is 20.1 Å². The Kier molecular flexibility index (Phi) is 10.6. The summed E-state index contributed by atoms with van der Waals surface area (Å²) in [6, 6.07) is 6.57. The van der Waals surface area contributed by atoms with Gasteiger partial charge in [0.2, 0.25) is 11.8 Å². The van der Waals surface area contributed by atoms with Gasteiger partial charge in [-0.1, -0.05) is 26.0 Å². The molecule has 0 fully saturated rings. The average molecular weight is 425 g/mol. The Morgan fingerprint density at radius 3 is 2.17 bits per heavy atom. The van der Waals surface area contributed by atoms with Crippen LogP contribution < -0.4 is 15.4 Å². The fourth-order valence-electron chi connectivity index (χ4n) is 3.00. The number of rotatable bonds is 11. The predicted molar refractivity (Wildman–Crippen MR) is 115 cm³/mol. The van der Waals surface area contributed by atoms with Crippen LogP contribution in [0, 0.1) is 11.8 Å². The van der Waals surface area contributed by atoms with E-state index >= 15 is 0 Å². The molecular weight excluding hydrogens is 392 g/mol. The lowest BCUT2D eigenvalue weighted by molar-refractivity contribution is -0.141. The summed E-state index contributed by atoms with van der Waals surface area (Å²) >= 11 is 4.47. The number of methoxy groups -OCH3 is 2. The van der Waals surface area contributed by atoms with Crippen molar-refractivity contribution in [2.45, 2.75) is 44.4 Å². The Morgan fingerprint density at radius 2 is 1.69 bits per heavy atom. The van der Waals surface area contributed by atoms with Gasteiger partial charge in [0.15, 0.2) is 0 Å². The Bertz CT molecular complexity index is 678. The number of esters is 1. The molecule has 1 aromatic carbocycles. The van der Waals surface area contributed by atoms with Crippen LogP contribution in [0.1, 0.15) is 32.3 Å². The minimum absolute atomic E-state index is 0.0214. The maximum atomic E-state index is 13.0. The SMILES string of the molecule is CNC(=O)[C@H](Cc1ccc(OC)cc1)NC(=O)C(CC(C)C)C(S)CC(=O)OC. The van der Waals surface area contributed by atoms with Crippen molar-refractivity contribution in [3.05, 3.63) is 29.8 Å². The summed E-state index contributed by atoms with van der Waals surface area (Å²) in [5, 5.41) is 4.93. The highest BCUT2D eigenvalue weighted by Crippen LogP contribution is 2.23. The molecule has 8 heteroatoms. The highest BCUT2D eigenvalue weighted by Gasteiger charge is 2.31.